The molecule has 1 aromatic rings. The van der Waals surface area contributed by atoms with Gasteiger partial charge in [-0.2, -0.15) is 0 Å². The second-order valence-corrected chi connectivity index (χ2v) is 5.43. The lowest BCUT2D eigenvalue weighted by Gasteiger charge is -2.26. The van der Waals surface area contributed by atoms with Crippen LogP contribution in [0.5, 0.6) is 0 Å². The molecule has 2 nitrogen and oxygen atoms in total. The van der Waals surface area contributed by atoms with Crippen LogP contribution in [-0.2, 0) is 0 Å². The summed E-state index contributed by atoms with van der Waals surface area (Å²) in [4.78, 5) is 2.46. The average molecular weight is 247 g/mol. The van der Waals surface area contributed by atoms with Gasteiger partial charge in [-0.15, -0.1) is 0 Å². The van der Waals surface area contributed by atoms with E-state index in [2.05, 4.69) is 24.0 Å². The first-order chi connectivity index (χ1) is 8.72. The Bertz CT molecular complexity index is 375. The standard InChI is InChI=1S/C16H25NO/c1-3-14-7-6-11-17(12-10-14)16-9-5-4-8-15(16)13(2)18/h4-5,8-9,13-14,18H,3,6-7,10-12H2,1-2H3/t13-,14?/m0/s1. The van der Waals surface area contributed by atoms with Crippen molar-refractivity contribution in [1.29, 1.82) is 0 Å². The average Bonchev–Trinajstić information content (AvgIpc) is 2.63. The normalized spacial score (nSPS) is 22.6. The van der Waals surface area contributed by atoms with E-state index in [0.717, 1.165) is 24.6 Å². The number of para-hydroxylation sites is 1. The fourth-order valence-electron chi connectivity index (χ4n) is 2.94. The maximum absolute atomic E-state index is 9.88. The fraction of sp³-hybridized carbons (Fsp3) is 0.625. The van der Waals surface area contributed by atoms with Crippen LogP contribution in [0.3, 0.4) is 0 Å². The highest BCUT2D eigenvalue weighted by molar-refractivity contribution is 5.54. The Morgan fingerprint density at radius 3 is 2.78 bits per heavy atom. The quantitative estimate of drug-likeness (QED) is 0.879. The van der Waals surface area contributed by atoms with Crippen molar-refractivity contribution in [2.75, 3.05) is 18.0 Å². The molecule has 1 fully saturated rings. The Hall–Kier alpha value is -1.02. The molecule has 0 saturated carbocycles. The summed E-state index contributed by atoms with van der Waals surface area (Å²) in [5.41, 5.74) is 2.29. The van der Waals surface area contributed by atoms with Crippen molar-refractivity contribution in [3.8, 4) is 0 Å². The maximum Gasteiger partial charge on any atom is 0.0781 e. The summed E-state index contributed by atoms with van der Waals surface area (Å²) in [6.45, 7) is 6.40. The summed E-state index contributed by atoms with van der Waals surface area (Å²) in [5, 5.41) is 9.88. The molecule has 0 aliphatic carbocycles. The summed E-state index contributed by atoms with van der Waals surface area (Å²) < 4.78 is 0. The topological polar surface area (TPSA) is 23.5 Å². The molecule has 1 aliphatic rings. The Morgan fingerprint density at radius 2 is 2.06 bits per heavy atom. The minimum absolute atomic E-state index is 0.383. The van der Waals surface area contributed by atoms with Gasteiger partial charge in [0, 0.05) is 24.3 Å². The van der Waals surface area contributed by atoms with Crippen LogP contribution in [0.15, 0.2) is 24.3 Å². The van der Waals surface area contributed by atoms with Crippen molar-refractivity contribution in [2.24, 2.45) is 5.92 Å². The van der Waals surface area contributed by atoms with E-state index >= 15 is 0 Å². The third-order valence-corrected chi connectivity index (χ3v) is 4.15. The highest BCUT2D eigenvalue weighted by atomic mass is 16.3. The van der Waals surface area contributed by atoms with E-state index in [9.17, 15) is 5.11 Å². The van der Waals surface area contributed by atoms with E-state index in [1.165, 1.54) is 31.4 Å². The number of aliphatic hydroxyl groups excluding tert-OH is 1. The van der Waals surface area contributed by atoms with Gasteiger partial charge in [0.1, 0.15) is 0 Å². The molecule has 1 aliphatic heterocycles. The summed E-state index contributed by atoms with van der Waals surface area (Å²) in [7, 11) is 0. The maximum atomic E-state index is 9.88. The zero-order valence-corrected chi connectivity index (χ0v) is 11.6. The van der Waals surface area contributed by atoms with Gasteiger partial charge in [-0.25, -0.2) is 0 Å². The molecule has 0 spiro atoms. The summed E-state index contributed by atoms with van der Waals surface area (Å²) >= 11 is 0. The van der Waals surface area contributed by atoms with E-state index in [0.29, 0.717) is 0 Å². The number of aliphatic hydroxyl groups is 1. The summed E-state index contributed by atoms with van der Waals surface area (Å²) in [6.07, 6.45) is 4.82. The first-order valence-electron chi connectivity index (χ1n) is 7.24. The van der Waals surface area contributed by atoms with Crippen LogP contribution in [0.25, 0.3) is 0 Å². The Balaban J connectivity index is 2.16. The lowest BCUT2D eigenvalue weighted by atomic mass is 9.98. The monoisotopic (exact) mass is 247 g/mol. The summed E-state index contributed by atoms with van der Waals surface area (Å²) in [5.74, 6) is 0.883. The molecule has 1 saturated heterocycles. The van der Waals surface area contributed by atoms with E-state index < -0.39 is 0 Å². The largest absolute Gasteiger partial charge is 0.389 e. The molecule has 1 heterocycles. The molecule has 0 amide bonds. The van der Waals surface area contributed by atoms with Crippen molar-refractivity contribution in [3.63, 3.8) is 0 Å². The number of rotatable bonds is 3. The molecule has 100 valence electrons. The van der Waals surface area contributed by atoms with Crippen LogP contribution >= 0.6 is 0 Å². The van der Waals surface area contributed by atoms with Crippen molar-refractivity contribution in [2.45, 2.75) is 45.6 Å². The summed E-state index contributed by atoms with van der Waals surface area (Å²) in [6, 6.07) is 8.28. The smallest absolute Gasteiger partial charge is 0.0781 e. The Labute approximate surface area is 111 Å². The van der Waals surface area contributed by atoms with Crippen molar-refractivity contribution in [1.82, 2.24) is 0 Å². The number of benzene rings is 1. The molecule has 1 aromatic carbocycles. The Morgan fingerprint density at radius 1 is 1.28 bits per heavy atom. The Kier molecular flexibility index (Phi) is 4.65. The van der Waals surface area contributed by atoms with Gasteiger partial charge in [0.2, 0.25) is 0 Å². The van der Waals surface area contributed by atoms with Crippen LogP contribution in [0, 0.1) is 5.92 Å². The highest BCUT2D eigenvalue weighted by Gasteiger charge is 2.18. The molecule has 2 heteroatoms. The number of hydrogen-bond acceptors (Lipinski definition) is 2. The molecule has 18 heavy (non-hydrogen) atoms. The lowest BCUT2D eigenvalue weighted by molar-refractivity contribution is 0.199. The van der Waals surface area contributed by atoms with Crippen molar-refractivity contribution in [3.05, 3.63) is 29.8 Å². The number of hydrogen-bond donors (Lipinski definition) is 1. The lowest BCUT2D eigenvalue weighted by Crippen LogP contribution is -2.25. The molecule has 0 radical (unpaired) electrons. The van der Waals surface area contributed by atoms with Crippen LogP contribution in [0.2, 0.25) is 0 Å². The van der Waals surface area contributed by atoms with Gasteiger partial charge in [0.15, 0.2) is 0 Å². The van der Waals surface area contributed by atoms with Gasteiger partial charge >= 0.3 is 0 Å². The molecular weight excluding hydrogens is 222 g/mol. The molecule has 0 bridgehead atoms. The minimum atomic E-state index is -0.383. The second kappa shape index (κ2) is 6.24. The predicted molar refractivity (Wildman–Crippen MR) is 76.9 cm³/mol. The second-order valence-electron chi connectivity index (χ2n) is 5.43. The van der Waals surface area contributed by atoms with Crippen molar-refractivity contribution < 1.29 is 5.11 Å². The molecule has 1 unspecified atom stereocenters. The minimum Gasteiger partial charge on any atom is -0.389 e. The van der Waals surface area contributed by atoms with Crippen molar-refractivity contribution >= 4 is 5.69 Å². The van der Waals surface area contributed by atoms with Crippen LogP contribution in [0.4, 0.5) is 5.69 Å². The number of anilines is 1. The molecular formula is C16H25NO. The molecule has 2 atom stereocenters. The predicted octanol–water partition coefficient (Wildman–Crippen LogP) is 3.76. The fourth-order valence-corrected chi connectivity index (χ4v) is 2.94. The van der Waals surface area contributed by atoms with E-state index in [-0.39, 0.29) is 6.10 Å². The van der Waals surface area contributed by atoms with Crippen LogP contribution < -0.4 is 4.90 Å². The van der Waals surface area contributed by atoms with Crippen LogP contribution in [0.1, 0.15) is 51.2 Å². The third kappa shape index (κ3) is 3.05. The zero-order chi connectivity index (χ0) is 13.0. The van der Waals surface area contributed by atoms with Crippen LogP contribution in [-0.4, -0.2) is 18.2 Å². The van der Waals surface area contributed by atoms with Gasteiger partial charge in [0.05, 0.1) is 6.10 Å². The SMILES string of the molecule is CCC1CCCN(c2ccccc2[C@H](C)O)CC1. The molecule has 0 aromatic heterocycles. The van der Waals surface area contributed by atoms with Gasteiger partial charge in [0.25, 0.3) is 0 Å². The van der Waals surface area contributed by atoms with E-state index in [1.54, 1.807) is 0 Å². The number of nitrogens with zero attached hydrogens (tertiary/aromatic N) is 1. The molecule has 1 N–H and O–H groups in total. The third-order valence-electron chi connectivity index (χ3n) is 4.15. The zero-order valence-electron chi connectivity index (χ0n) is 11.6. The van der Waals surface area contributed by atoms with Gasteiger partial charge < -0.3 is 10.0 Å². The molecule has 2 rings (SSSR count). The highest BCUT2D eigenvalue weighted by Crippen LogP contribution is 2.29. The van der Waals surface area contributed by atoms with Gasteiger partial charge in [-0.3, -0.25) is 0 Å². The van der Waals surface area contributed by atoms with E-state index in [1.807, 2.05) is 19.1 Å². The van der Waals surface area contributed by atoms with Gasteiger partial charge in [-0.1, -0.05) is 31.5 Å². The first kappa shape index (κ1) is 13.4. The van der Waals surface area contributed by atoms with Gasteiger partial charge in [-0.05, 0) is 38.2 Å². The first-order valence-corrected chi connectivity index (χ1v) is 7.24. The van der Waals surface area contributed by atoms with E-state index in [4.69, 9.17) is 0 Å².